The fourth-order valence-electron chi connectivity index (χ4n) is 4.12. The van der Waals surface area contributed by atoms with E-state index in [-0.39, 0.29) is 5.91 Å². The fourth-order valence-corrected chi connectivity index (χ4v) is 4.12. The zero-order valence-corrected chi connectivity index (χ0v) is 16.9. The van der Waals surface area contributed by atoms with Gasteiger partial charge in [-0.1, -0.05) is 30.3 Å². The van der Waals surface area contributed by atoms with Crippen molar-refractivity contribution >= 4 is 28.3 Å². The first-order valence-corrected chi connectivity index (χ1v) is 10.5. The van der Waals surface area contributed by atoms with Gasteiger partial charge in [0.1, 0.15) is 18.0 Å². The summed E-state index contributed by atoms with van der Waals surface area (Å²) in [5.41, 5.74) is 0.749. The van der Waals surface area contributed by atoms with Gasteiger partial charge in [0.05, 0.1) is 13.2 Å². The van der Waals surface area contributed by atoms with E-state index in [4.69, 9.17) is 4.74 Å². The molecule has 0 atom stereocenters. The molecule has 0 bridgehead atoms. The number of hydrogen-bond donors (Lipinski definition) is 0. The molecule has 0 aliphatic carbocycles. The van der Waals surface area contributed by atoms with Crippen LogP contribution in [0.25, 0.3) is 10.8 Å². The van der Waals surface area contributed by atoms with Gasteiger partial charge in [0.15, 0.2) is 0 Å². The highest BCUT2D eigenvalue weighted by Gasteiger charge is 2.24. The number of hydrogen-bond acceptors (Lipinski definition) is 6. The number of rotatable bonds is 3. The fraction of sp³-hybridized carbons (Fsp3) is 0.348. The van der Waals surface area contributed by atoms with Gasteiger partial charge in [-0.2, -0.15) is 0 Å². The maximum Gasteiger partial charge on any atom is 0.253 e. The quantitative estimate of drug-likeness (QED) is 0.669. The van der Waals surface area contributed by atoms with Crippen LogP contribution in [0.4, 0.5) is 11.6 Å². The number of carbonyl (C=O) groups is 1. The van der Waals surface area contributed by atoms with Gasteiger partial charge >= 0.3 is 0 Å². The number of piperazine rings is 1. The molecule has 3 aromatic rings. The van der Waals surface area contributed by atoms with Crippen LogP contribution < -0.4 is 9.80 Å². The highest BCUT2D eigenvalue weighted by atomic mass is 16.5. The Balaban J connectivity index is 1.25. The summed E-state index contributed by atoms with van der Waals surface area (Å²) < 4.78 is 5.43. The summed E-state index contributed by atoms with van der Waals surface area (Å²) in [5.74, 6) is 1.96. The summed E-state index contributed by atoms with van der Waals surface area (Å²) in [4.78, 5) is 28.3. The minimum atomic E-state index is 0.0945. The second kappa shape index (κ2) is 8.28. The second-order valence-electron chi connectivity index (χ2n) is 7.68. The number of nitrogens with zero attached hydrogens (tertiary/aromatic N) is 5. The van der Waals surface area contributed by atoms with Crippen molar-refractivity contribution in [1.82, 2.24) is 14.9 Å². The summed E-state index contributed by atoms with van der Waals surface area (Å²) in [6.45, 7) is 6.06. The third kappa shape index (κ3) is 3.80. The van der Waals surface area contributed by atoms with Crippen molar-refractivity contribution in [1.29, 1.82) is 0 Å². The van der Waals surface area contributed by atoms with Crippen molar-refractivity contribution in [2.45, 2.75) is 0 Å². The molecule has 2 fully saturated rings. The van der Waals surface area contributed by atoms with Gasteiger partial charge in [0.2, 0.25) is 0 Å². The van der Waals surface area contributed by atoms with Gasteiger partial charge in [-0.05, 0) is 22.9 Å². The molecule has 7 nitrogen and oxygen atoms in total. The molecule has 2 aliphatic rings. The molecule has 154 valence electrons. The topological polar surface area (TPSA) is 61.8 Å². The average Bonchev–Trinajstić information content (AvgIpc) is 2.84. The number of amides is 1. The lowest BCUT2D eigenvalue weighted by Crippen LogP contribution is -2.49. The van der Waals surface area contributed by atoms with E-state index in [0.29, 0.717) is 13.1 Å². The molecular formula is C23H25N5O2. The SMILES string of the molecule is O=C(c1ccc2ccccc2c1)N1CCN(c2cc(N3CCOCC3)ncn2)CC1. The first-order valence-electron chi connectivity index (χ1n) is 10.5. The molecular weight excluding hydrogens is 378 g/mol. The molecule has 2 aliphatic heterocycles. The summed E-state index contributed by atoms with van der Waals surface area (Å²) in [6.07, 6.45) is 1.63. The van der Waals surface area contributed by atoms with Crippen LogP contribution >= 0.6 is 0 Å². The zero-order chi connectivity index (χ0) is 20.3. The molecule has 2 aromatic carbocycles. The van der Waals surface area contributed by atoms with Crippen LogP contribution in [0.3, 0.4) is 0 Å². The number of benzene rings is 2. The highest BCUT2D eigenvalue weighted by Crippen LogP contribution is 2.21. The Labute approximate surface area is 175 Å². The Bertz CT molecular complexity index is 1040. The lowest BCUT2D eigenvalue weighted by Gasteiger charge is -2.36. The van der Waals surface area contributed by atoms with E-state index in [9.17, 15) is 4.79 Å². The van der Waals surface area contributed by atoms with Crippen LogP contribution in [-0.4, -0.2) is 73.3 Å². The van der Waals surface area contributed by atoms with Crippen LogP contribution in [-0.2, 0) is 4.74 Å². The van der Waals surface area contributed by atoms with Crippen LogP contribution in [0, 0.1) is 0 Å². The van der Waals surface area contributed by atoms with Crippen molar-refractivity contribution in [2.24, 2.45) is 0 Å². The first-order chi connectivity index (χ1) is 14.8. The maximum atomic E-state index is 13.0. The Kier molecular flexibility index (Phi) is 5.19. The Morgan fingerprint density at radius 2 is 1.43 bits per heavy atom. The lowest BCUT2D eigenvalue weighted by atomic mass is 10.1. The van der Waals surface area contributed by atoms with E-state index in [1.807, 2.05) is 47.4 Å². The summed E-state index contributed by atoms with van der Waals surface area (Å²) in [5, 5.41) is 2.25. The number of anilines is 2. The number of fused-ring (bicyclic) bond motifs is 1. The molecule has 30 heavy (non-hydrogen) atoms. The zero-order valence-electron chi connectivity index (χ0n) is 16.9. The molecule has 2 saturated heterocycles. The van der Waals surface area contributed by atoms with Crippen molar-refractivity contribution in [2.75, 3.05) is 62.3 Å². The lowest BCUT2D eigenvalue weighted by molar-refractivity contribution is 0.0746. The molecule has 0 radical (unpaired) electrons. The molecule has 3 heterocycles. The van der Waals surface area contributed by atoms with Crippen LogP contribution in [0.15, 0.2) is 54.9 Å². The molecule has 0 N–H and O–H groups in total. The minimum absolute atomic E-state index is 0.0945. The summed E-state index contributed by atoms with van der Waals surface area (Å²) >= 11 is 0. The van der Waals surface area contributed by atoms with Crippen LogP contribution in [0.2, 0.25) is 0 Å². The number of carbonyl (C=O) groups excluding carboxylic acids is 1. The Morgan fingerprint density at radius 3 is 2.17 bits per heavy atom. The van der Waals surface area contributed by atoms with Crippen LogP contribution in [0.5, 0.6) is 0 Å². The third-order valence-electron chi connectivity index (χ3n) is 5.86. The van der Waals surface area contributed by atoms with Gasteiger partial charge in [-0.15, -0.1) is 0 Å². The van der Waals surface area contributed by atoms with Crippen LogP contribution in [0.1, 0.15) is 10.4 Å². The van der Waals surface area contributed by atoms with Crippen molar-refractivity contribution in [3.05, 3.63) is 60.4 Å². The Morgan fingerprint density at radius 1 is 0.767 bits per heavy atom. The minimum Gasteiger partial charge on any atom is -0.378 e. The predicted molar refractivity (Wildman–Crippen MR) is 117 cm³/mol. The molecule has 1 aromatic heterocycles. The first kappa shape index (κ1) is 18.8. The van der Waals surface area contributed by atoms with E-state index in [0.717, 1.165) is 67.4 Å². The van der Waals surface area contributed by atoms with E-state index in [1.165, 1.54) is 0 Å². The van der Waals surface area contributed by atoms with Gasteiger partial charge in [0, 0.05) is 50.9 Å². The predicted octanol–water partition coefficient (Wildman–Crippen LogP) is 2.43. The van der Waals surface area contributed by atoms with Crippen molar-refractivity contribution < 1.29 is 9.53 Å². The van der Waals surface area contributed by atoms with E-state index in [2.05, 4.69) is 25.8 Å². The van der Waals surface area contributed by atoms with Crippen molar-refractivity contribution in [3.8, 4) is 0 Å². The smallest absolute Gasteiger partial charge is 0.253 e. The van der Waals surface area contributed by atoms with Gasteiger partial charge < -0.3 is 19.4 Å². The van der Waals surface area contributed by atoms with E-state index in [1.54, 1.807) is 6.33 Å². The maximum absolute atomic E-state index is 13.0. The molecule has 5 rings (SSSR count). The largest absolute Gasteiger partial charge is 0.378 e. The molecule has 1 amide bonds. The van der Waals surface area contributed by atoms with Gasteiger partial charge in [-0.25, -0.2) is 9.97 Å². The number of aromatic nitrogens is 2. The second-order valence-corrected chi connectivity index (χ2v) is 7.68. The molecule has 0 spiro atoms. The number of ether oxygens (including phenoxy) is 1. The average molecular weight is 403 g/mol. The Hall–Kier alpha value is -3.19. The normalized spacial score (nSPS) is 17.4. The van der Waals surface area contributed by atoms with E-state index < -0.39 is 0 Å². The summed E-state index contributed by atoms with van der Waals surface area (Å²) in [7, 11) is 0. The van der Waals surface area contributed by atoms with Crippen molar-refractivity contribution in [3.63, 3.8) is 0 Å². The standard InChI is InChI=1S/C23H25N5O2/c29-23(20-6-5-18-3-1-2-4-19(18)15-20)28-9-7-26(8-10-28)21-16-22(25-17-24-21)27-11-13-30-14-12-27/h1-6,15-17H,7-14H2. The molecule has 0 unspecified atom stereocenters. The van der Waals surface area contributed by atoms with Gasteiger partial charge in [0.25, 0.3) is 5.91 Å². The highest BCUT2D eigenvalue weighted by molar-refractivity contribution is 5.98. The molecule has 0 saturated carbocycles. The van der Waals surface area contributed by atoms with Gasteiger partial charge in [-0.3, -0.25) is 4.79 Å². The third-order valence-corrected chi connectivity index (χ3v) is 5.86. The molecule has 7 heteroatoms. The summed E-state index contributed by atoms with van der Waals surface area (Å²) in [6, 6.07) is 16.1. The number of morpholine rings is 1. The van der Waals surface area contributed by atoms with E-state index >= 15 is 0 Å². The monoisotopic (exact) mass is 403 g/mol.